The highest BCUT2D eigenvalue weighted by Gasteiger charge is 2.34. The summed E-state index contributed by atoms with van der Waals surface area (Å²) in [5.74, 6) is 1.58. The Morgan fingerprint density at radius 3 is 2.71 bits per heavy atom. The highest BCUT2D eigenvalue weighted by atomic mass is 16.5. The molecule has 138 valence electrons. The summed E-state index contributed by atoms with van der Waals surface area (Å²) >= 11 is 0. The van der Waals surface area contributed by atoms with Crippen LogP contribution in [0.25, 0.3) is 0 Å². The highest BCUT2D eigenvalue weighted by molar-refractivity contribution is 5.68. The van der Waals surface area contributed by atoms with Gasteiger partial charge in [-0.1, -0.05) is 50.5 Å². The lowest BCUT2D eigenvalue weighted by Crippen LogP contribution is -2.01. The molecule has 3 unspecified atom stereocenters. The SMILES string of the molecule is CCCCCC(O)/C=C/CC1CC1CC/C=C/CCCC(=O)OC. The Balaban J connectivity index is 1.96. The van der Waals surface area contributed by atoms with E-state index in [0.717, 1.165) is 50.4 Å². The van der Waals surface area contributed by atoms with Crippen LogP contribution in [0.5, 0.6) is 0 Å². The molecule has 0 aliphatic heterocycles. The number of unbranched alkanes of at least 4 members (excludes halogenated alkanes) is 3. The summed E-state index contributed by atoms with van der Waals surface area (Å²) in [6, 6.07) is 0. The summed E-state index contributed by atoms with van der Waals surface area (Å²) in [5, 5.41) is 9.84. The molecule has 3 atom stereocenters. The number of hydrogen-bond donors (Lipinski definition) is 1. The average Bonchev–Trinajstić information content (AvgIpc) is 3.32. The molecule has 1 fully saturated rings. The van der Waals surface area contributed by atoms with E-state index in [1.807, 2.05) is 6.08 Å². The molecule has 1 rings (SSSR count). The summed E-state index contributed by atoms with van der Waals surface area (Å²) in [7, 11) is 1.44. The first kappa shape index (κ1) is 21.0. The lowest BCUT2D eigenvalue weighted by Gasteiger charge is -2.04. The number of carbonyl (C=O) groups is 1. The summed E-state index contributed by atoms with van der Waals surface area (Å²) in [5.41, 5.74) is 0. The Hall–Kier alpha value is -1.09. The van der Waals surface area contributed by atoms with Crippen LogP contribution in [0.15, 0.2) is 24.3 Å². The van der Waals surface area contributed by atoms with Gasteiger partial charge >= 0.3 is 5.97 Å². The van der Waals surface area contributed by atoms with E-state index in [1.165, 1.54) is 32.8 Å². The number of hydrogen-bond acceptors (Lipinski definition) is 3. The van der Waals surface area contributed by atoms with Crippen molar-refractivity contribution in [1.82, 2.24) is 0 Å². The van der Waals surface area contributed by atoms with Gasteiger partial charge in [0.2, 0.25) is 0 Å². The lowest BCUT2D eigenvalue weighted by molar-refractivity contribution is -0.140. The van der Waals surface area contributed by atoms with Crippen LogP contribution in [0.2, 0.25) is 0 Å². The third-order valence-corrected chi connectivity index (χ3v) is 4.82. The van der Waals surface area contributed by atoms with Crippen molar-refractivity contribution in [2.75, 3.05) is 7.11 Å². The Morgan fingerprint density at radius 2 is 1.96 bits per heavy atom. The number of aliphatic hydroxyl groups is 1. The van der Waals surface area contributed by atoms with Gasteiger partial charge in [-0.2, -0.15) is 0 Å². The maximum Gasteiger partial charge on any atom is 0.305 e. The summed E-state index contributed by atoms with van der Waals surface area (Å²) in [6.45, 7) is 2.19. The molecule has 1 aliphatic rings. The van der Waals surface area contributed by atoms with E-state index in [0.29, 0.717) is 6.42 Å². The first-order valence-corrected chi connectivity index (χ1v) is 9.73. The molecule has 3 nitrogen and oxygen atoms in total. The van der Waals surface area contributed by atoms with Crippen LogP contribution in [-0.2, 0) is 9.53 Å². The van der Waals surface area contributed by atoms with Crippen molar-refractivity contribution in [2.45, 2.75) is 83.7 Å². The molecule has 0 amide bonds. The minimum Gasteiger partial charge on any atom is -0.469 e. The summed E-state index contributed by atoms with van der Waals surface area (Å²) in [4.78, 5) is 11.0. The van der Waals surface area contributed by atoms with Gasteiger partial charge < -0.3 is 9.84 Å². The van der Waals surface area contributed by atoms with E-state index in [4.69, 9.17) is 0 Å². The van der Waals surface area contributed by atoms with Crippen molar-refractivity contribution in [1.29, 1.82) is 0 Å². The van der Waals surface area contributed by atoms with Crippen LogP contribution in [-0.4, -0.2) is 24.3 Å². The van der Waals surface area contributed by atoms with Crippen molar-refractivity contribution in [3.8, 4) is 0 Å². The van der Waals surface area contributed by atoms with Gasteiger partial charge in [0.05, 0.1) is 13.2 Å². The van der Waals surface area contributed by atoms with E-state index >= 15 is 0 Å². The lowest BCUT2D eigenvalue weighted by atomic mass is 10.1. The number of rotatable bonds is 14. The molecule has 0 aromatic rings. The maximum atomic E-state index is 11.0. The largest absolute Gasteiger partial charge is 0.469 e. The van der Waals surface area contributed by atoms with Gasteiger partial charge in [-0.05, 0) is 56.8 Å². The van der Waals surface area contributed by atoms with Crippen molar-refractivity contribution in [3.63, 3.8) is 0 Å². The average molecular weight is 337 g/mol. The molecule has 0 spiro atoms. The zero-order chi connectivity index (χ0) is 17.6. The second-order valence-corrected chi connectivity index (χ2v) is 7.00. The van der Waals surface area contributed by atoms with Gasteiger partial charge in [0.25, 0.3) is 0 Å². The van der Waals surface area contributed by atoms with E-state index in [-0.39, 0.29) is 12.1 Å². The standard InChI is InChI=1S/C21H36O3/c1-3-4-8-14-20(22)15-11-13-19-17-18(19)12-9-6-5-7-10-16-21(23)24-2/h5-6,11,15,18-20,22H,3-4,7-10,12-14,16-17H2,1-2H3/b6-5+,15-11+. The van der Waals surface area contributed by atoms with E-state index < -0.39 is 0 Å². The summed E-state index contributed by atoms with van der Waals surface area (Å²) in [6.07, 6.45) is 20.0. The van der Waals surface area contributed by atoms with Crippen molar-refractivity contribution in [3.05, 3.63) is 24.3 Å². The molecule has 0 heterocycles. The van der Waals surface area contributed by atoms with Gasteiger partial charge in [-0.25, -0.2) is 0 Å². The molecule has 0 saturated heterocycles. The predicted octanol–water partition coefficient (Wildman–Crippen LogP) is 5.19. The van der Waals surface area contributed by atoms with Gasteiger partial charge in [-0.15, -0.1) is 0 Å². The first-order chi connectivity index (χ1) is 11.7. The molecule has 3 heteroatoms. The third kappa shape index (κ3) is 10.6. The van der Waals surface area contributed by atoms with Crippen LogP contribution in [0.1, 0.15) is 77.6 Å². The number of esters is 1. The summed E-state index contributed by atoms with van der Waals surface area (Å²) < 4.78 is 4.62. The molecule has 1 saturated carbocycles. The maximum absolute atomic E-state index is 11.0. The Kier molecular flexibility index (Phi) is 11.5. The number of allylic oxidation sites excluding steroid dienone is 3. The van der Waals surface area contributed by atoms with Gasteiger partial charge in [-0.3, -0.25) is 4.79 Å². The normalized spacial score (nSPS) is 21.5. The first-order valence-electron chi connectivity index (χ1n) is 9.73. The van der Waals surface area contributed by atoms with Gasteiger partial charge in [0, 0.05) is 6.42 Å². The van der Waals surface area contributed by atoms with Crippen molar-refractivity contribution in [2.24, 2.45) is 11.8 Å². The van der Waals surface area contributed by atoms with Crippen molar-refractivity contribution < 1.29 is 14.6 Å². The van der Waals surface area contributed by atoms with Crippen LogP contribution < -0.4 is 0 Å². The monoisotopic (exact) mass is 336 g/mol. The van der Waals surface area contributed by atoms with Crippen LogP contribution >= 0.6 is 0 Å². The number of methoxy groups -OCH3 is 1. The minimum absolute atomic E-state index is 0.118. The minimum atomic E-state index is -0.248. The second-order valence-electron chi connectivity index (χ2n) is 7.00. The highest BCUT2D eigenvalue weighted by Crippen LogP contribution is 2.44. The molecule has 0 aromatic carbocycles. The second kappa shape index (κ2) is 13.2. The molecule has 0 bridgehead atoms. The topological polar surface area (TPSA) is 46.5 Å². The number of ether oxygens (including phenoxy) is 1. The van der Waals surface area contributed by atoms with E-state index in [2.05, 4.69) is 29.9 Å². The predicted molar refractivity (Wildman–Crippen MR) is 99.7 cm³/mol. The Labute approximate surface area is 148 Å². The van der Waals surface area contributed by atoms with E-state index in [1.54, 1.807) is 0 Å². The number of carbonyl (C=O) groups excluding carboxylic acids is 1. The Morgan fingerprint density at radius 1 is 1.17 bits per heavy atom. The molecule has 0 radical (unpaired) electrons. The fourth-order valence-electron chi connectivity index (χ4n) is 3.07. The molecule has 24 heavy (non-hydrogen) atoms. The zero-order valence-electron chi connectivity index (χ0n) is 15.6. The smallest absolute Gasteiger partial charge is 0.305 e. The number of aliphatic hydroxyl groups excluding tert-OH is 1. The molecule has 0 aromatic heterocycles. The van der Waals surface area contributed by atoms with Gasteiger partial charge in [0.1, 0.15) is 0 Å². The molecular weight excluding hydrogens is 300 g/mol. The molecular formula is C21H36O3. The fraction of sp³-hybridized carbons (Fsp3) is 0.762. The van der Waals surface area contributed by atoms with E-state index in [9.17, 15) is 9.90 Å². The van der Waals surface area contributed by atoms with Crippen LogP contribution in [0.3, 0.4) is 0 Å². The zero-order valence-corrected chi connectivity index (χ0v) is 15.6. The molecule has 1 aliphatic carbocycles. The molecule has 1 N–H and O–H groups in total. The van der Waals surface area contributed by atoms with Crippen molar-refractivity contribution >= 4 is 5.97 Å². The fourth-order valence-corrected chi connectivity index (χ4v) is 3.07. The quantitative estimate of drug-likeness (QED) is 0.270. The van der Waals surface area contributed by atoms with Gasteiger partial charge in [0.15, 0.2) is 0 Å². The third-order valence-electron chi connectivity index (χ3n) is 4.82. The van der Waals surface area contributed by atoms with Crippen LogP contribution in [0, 0.1) is 11.8 Å². The van der Waals surface area contributed by atoms with Crippen LogP contribution in [0.4, 0.5) is 0 Å². The Bertz CT molecular complexity index is 387.